The third-order valence-electron chi connectivity index (χ3n) is 3.94. The minimum Gasteiger partial charge on any atom is -0.381 e. The summed E-state index contributed by atoms with van der Waals surface area (Å²) in [6, 6.07) is 10.1. The second-order valence-electron chi connectivity index (χ2n) is 5.24. The molecular formula is C17H16FN3O2. The Labute approximate surface area is 133 Å². The van der Waals surface area contributed by atoms with E-state index >= 15 is 0 Å². The van der Waals surface area contributed by atoms with Crippen LogP contribution in [0.25, 0.3) is 0 Å². The Balaban J connectivity index is 1.84. The van der Waals surface area contributed by atoms with Gasteiger partial charge in [0.2, 0.25) is 0 Å². The highest BCUT2D eigenvalue weighted by Gasteiger charge is 2.28. The van der Waals surface area contributed by atoms with Crippen molar-refractivity contribution in [2.75, 3.05) is 12.4 Å². The predicted molar refractivity (Wildman–Crippen MR) is 84.5 cm³/mol. The minimum atomic E-state index is -0.518. The van der Waals surface area contributed by atoms with Crippen molar-refractivity contribution in [2.24, 2.45) is 0 Å². The van der Waals surface area contributed by atoms with Gasteiger partial charge in [-0.2, -0.15) is 0 Å². The molecule has 0 aliphatic carbocycles. The van der Waals surface area contributed by atoms with E-state index in [1.807, 2.05) is 6.07 Å². The number of hydrogen-bond donors (Lipinski definition) is 2. The summed E-state index contributed by atoms with van der Waals surface area (Å²) in [6.07, 6.45) is 0.502. The second kappa shape index (κ2) is 6.18. The fourth-order valence-corrected chi connectivity index (χ4v) is 2.70. The van der Waals surface area contributed by atoms with Crippen LogP contribution in [0.2, 0.25) is 0 Å². The number of fused-ring (bicyclic) bond motifs is 1. The molecule has 3 rings (SSSR count). The van der Waals surface area contributed by atoms with E-state index in [4.69, 9.17) is 0 Å². The van der Waals surface area contributed by atoms with Crippen LogP contribution in [0.3, 0.4) is 0 Å². The normalized spacial score (nSPS) is 13.1. The SMILES string of the molecule is CNN1Cc2c(NCc3cccc(C=O)c3F)cccc2C1=O. The van der Waals surface area contributed by atoms with Gasteiger partial charge >= 0.3 is 0 Å². The molecule has 0 radical (unpaired) electrons. The summed E-state index contributed by atoms with van der Waals surface area (Å²) in [5, 5.41) is 4.67. The fourth-order valence-electron chi connectivity index (χ4n) is 2.70. The third kappa shape index (κ3) is 2.68. The van der Waals surface area contributed by atoms with Gasteiger partial charge in [-0.3, -0.25) is 14.6 Å². The molecule has 1 aliphatic rings. The number of carbonyl (C=O) groups is 2. The van der Waals surface area contributed by atoms with E-state index in [1.54, 1.807) is 31.3 Å². The number of hydrazine groups is 1. The van der Waals surface area contributed by atoms with E-state index in [2.05, 4.69) is 10.7 Å². The first-order chi connectivity index (χ1) is 11.2. The maximum absolute atomic E-state index is 14.1. The molecular weight excluding hydrogens is 297 g/mol. The second-order valence-corrected chi connectivity index (χ2v) is 5.24. The van der Waals surface area contributed by atoms with Crippen LogP contribution in [0.1, 0.15) is 31.8 Å². The summed E-state index contributed by atoms with van der Waals surface area (Å²) < 4.78 is 14.1. The maximum atomic E-state index is 14.1. The molecule has 0 saturated heterocycles. The number of carbonyl (C=O) groups excluding carboxylic acids is 2. The van der Waals surface area contributed by atoms with E-state index in [9.17, 15) is 14.0 Å². The number of nitrogens with one attached hydrogen (secondary N) is 2. The zero-order valence-corrected chi connectivity index (χ0v) is 12.6. The van der Waals surface area contributed by atoms with Crippen LogP contribution in [0, 0.1) is 5.82 Å². The van der Waals surface area contributed by atoms with E-state index < -0.39 is 5.82 Å². The number of amides is 1. The Kier molecular flexibility index (Phi) is 4.08. The molecule has 1 aliphatic heterocycles. The number of hydrogen-bond acceptors (Lipinski definition) is 4. The van der Waals surface area contributed by atoms with Gasteiger partial charge in [0.05, 0.1) is 12.1 Å². The van der Waals surface area contributed by atoms with Gasteiger partial charge in [0.15, 0.2) is 6.29 Å². The van der Waals surface area contributed by atoms with Gasteiger partial charge in [-0.15, -0.1) is 0 Å². The number of nitrogens with zero attached hydrogens (tertiary/aromatic N) is 1. The van der Waals surface area contributed by atoms with Crippen molar-refractivity contribution in [3.63, 3.8) is 0 Å². The minimum absolute atomic E-state index is 0.0409. The van der Waals surface area contributed by atoms with Crippen LogP contribution in [-0.2, 0) is 13.1 Å². The van der Waals surface area contributed by atoms with Crippen molar-refractivity contribution in [3.05, 3.63) is 64.5 Å². The molecule has 2 aromatic carbocycles. The highest BCUT2D eigenvalue weighted by molar-refractivity contribution is 5.99. The van der Waals surface area contributed by atoms with Crippen LogP contribution >= 0.6 is 0 Å². The number of benzene rings is 2. The number of halogens is 1. The summed E-state index contributed by atoms with van der Waals surface area (Å²) in [6.45, 7) is 0.683. The quantitative estimate of drug-likeness (QED) is 0.832. The largest absolute Gasteiger partial charge is 0.381 e. The molecule has 23 heavy (non-hydrogen) atoms. The van der Waals surface area contributed by atoms with E-state index in [-0.39, 0.29) is 18.0 Å². The Morgan fingerprint density at radius 2 is 2.04 bits per heavy atom. The maximum Gasteiger partial charge on any atom is 0.268 e. The van der Waals surface area contributed by atoms with Gasteiger partial charge in [0, 0.05) is 36.0 Å². The van der Waals surface area contributed by atoms with Crippen molar-refractivity contribution >= 4 is 17.9 Å². The van der Waals surface area contributed by atoms with Gasteiger partial charge in [0.1, 0.15) is 5.82 Å². The van der Waals surface area contributed by atoms with Crippen molar-refractivity contribution in [1.82, 2.24) is 10.4 Å². The first-order valence-electron chi connectivity index (χ1n) is 7.23. The summed E-state index contributed by atoms with van der Waals surface area (Å²) in [5.74, 6) is -0.601. The highest BCUT2D eigenvalue weighted by Crippen LogP contribution is 2.28. The van der Waals surface area contributed by atoms with Gasteiger partial charge in [-0.25, -0.2) is 9.82 Å². The van der Waals surface area contributed by atoms with E-state index in [0.29, 0.717) is 24.0 Å². The lowest BCUT2D eigenvalue weighted by molar-refractivity contribution is 0.0706. The zero-order chi connectivity index (χ0) is 16.4. The molecule has 1 amide bonds. The standard InChI is InChI=1S/C17H16FN3O2/c1-19-21-9-14-13(17(21)23)6-3-7-15(14)20-8-11-4-2-5-12(10-22)16(11)18/h2-7,10,19-20H,8-9H2,1H3. The molecule has 118 valence electrons. The topological polar surface area (TPSA) is 61.4 Å². The number of aldehydes is 1. The Hall–Kier alpha value is -2.73. The third-order valence-corrected chi connectivity index (χ3v) is 3.94. The average molecular weight is 313 g/mol. The van der Waals surface area contributed by atoms with E-state index in [0.717, 1.165) is 11.3 Å². The molecule has 5 nitrogen and oxygen atoms in total. The predicted octanol–water partition coefficient (Wildman–Crippen LogP) is 2.34. The van der Waals surface area contributed by atoms with E-state index in [1.165, 1.54) is 11.1 Å². The summed E-state index contributed by atoms with van der Waals surface area (Å²) in [5.41, 5.74) is 5.58. The lowest BCUT2D eigenvalue weighted by Gasteiger charge is -2.13. The van der Waals surface area contributed by atoms with Crippen molar-refractivity contribution in [1.29, 1.82) is 0 Å². The van der Waals surface area contributed by atoms with Crippen molar-refractivity contribution in [2.45, 2.75) is 13.1 Å². The lowest BCUT2D eigenvalue weighted by Crippen LogP contribution is -2.34. The van der Waals surface area contributed by atoms with Crippen molar-refractivity contribution < 1.29 is 14.0 Å². The van der Waals surface area contributed by atoms with Crippen LogP contribution in [-0.4, -0.2) is 24.2 Å². The van der Waals surface area contributed by atoms with Crippen LogP contribution in [0.15, 0.2) is 36.4 Å². The molecule has 2 N–H and O–H groups in total. The molecule has 0 bridgehead atoms. The number of rotatable bonds is 5. The fraction of sp³-hybridized carbons (Fsp3) is 0.176. The summed E-state index contributed by atoms with van der Waals surface area (Å²) >= 11 is 0. The first-order valence-corrected chi connectivity index (χ1v) is 7.23. The Bertz CT molecular complexity index is 776. The molecule has 0 saturated carbocycles. The van der Waals surface area contributed by atoms with Crippen LogP contribution < -0.4 is 10.7 Å². The average Bonchev–Trinajstić information content (AvgIpc) is 2.91. The molecule has 0 spiro atoms. The summed E-state index contributed by atoms with van der Waals surface area (Å²) in [4.78, 5) is 22.9. The monoisotopic (exact) mass is 313 g/mol. The molecule has 1 heterocycles. The Morgan fingerprint density at radius 1 is 1.26 bits per heavy atom. The molecule has 0 aromatic heterocycles. The molecule has 6 heteroatoms. The van der Waals surface area contributed by atoms with Gasteiger partial charge in [-0.05, 0) is 18.2 Å². The Morgan fingerprint density at radius 3 is 2.78 bits per heavy atom. The molecule has 0 fully saturated rings. The van der Waals surface area contributed by atoms with Gasteiger partial charge in [0.25, 0.3) is 5.91 Å². The van der Waals surface area contributed by atoms with Gasteiger partial charge < -0.3 is 5.32 Å². The molecule has 0 unspecified atom stereocenters. The zero-order valence-electron chi connectivity index (χ0n) is 12.6. The smallest absolute Gasteiger partial charge is 0.268 e. The number of anilines is 1. The van der Waals surface area contributed by atoms with Crippen LogP contribution in [0.5, 0.6) is 0 Å². The van der Waals surface area contributed by atoms with Crippen LogP contribution in [0.4, 0.5) is 10.1 Å². The highest BCUT2D eigenvalue weighted by atomic mass is 19.1. The first kappa shape index (κ1) is 15.2. The molecule has 2 aromatic rings. The van der Waals surface area contributed by atoms with Gasteiger partial charge in [-0.1, -0.05) is 18.2 Å². The molecule has 0 atom stereocenters. The summed E-state index contributed by atoms with van der Waals surface area (Å²) in [7, 11) is 1.69. The van der Waals surface area contributed by atoms with Crippen molar-refractivity contribution in [3.8, 4) is 0 Å². The lowest BCUT2D eigenvalue weighted by atomic mass is 10.1.